The number of amides is 3. The summed E-state index contributed by atoms with van der Waals surface area (Å²) >= 11 is 0. The number of hydrazine groups is 1. The summed E-state index contributed by atoms with van der Waals surface area (Å²) in [6, 6.07) is 14.6. The third kappa shape index (κ3) is 5.11. The van der Waals surface area contributed by atoms with Gasteiger partial charge in [-0.1, -0.05) is 30.3 Å². The fourth-order valence-corrected chi connectivity index (χ4v) is 3.95. The van der Waals surface area contributed by atoms with Crippen LogP contribution in [0.3, 0.4) is 0 Å². The number of nitrogens with one attached hydrogen (secondary N) is 2. The van der Waals surface area contributed by atoms with Gasteiger partial charge in [-0.15, -0.1) is 0 Å². The standard InChI is InChI=1S/C19H19N3O6S/c23-17(10-11-29(26,27)14-6-2-1-3-7-14)20-21-18(24)12-22-15-8-4-5-9-16(15)28-13-19(22)25/h1-9H,10-13H2,(H,20,23)(H,21,24). The van der Waals surface area contributed by atoms with Gasteiger partial charge in [0.25, 0.3) is 11.8 Å². The Morgan fingerprint density at radius 2 is 1.62 bits per heavy atom. The molecule has 0 fully saturated rings. The number of benzene rings is 2. The third-order valence-electron chi connectivity index (χ3n) is 4.15. The molecule has 3 rings (SSSR count). The summed E-state index contributed by atoms with van der Waals surface area (Å²) in [5.74, 6) is -1.59. The monoisotopic (exact) mass is 417 g/mol. The van der Waals surface area contributed by atoms with E-state index in [0.29, 0.717) is 11.4 Å². The van der Waals surface area contributed by atoms with E-state index in [1.165, 1.54) is 17.0 Å². The van der Waals surface area contributed by atoms with E-state index in [1.54, 1.807) is 42.5 Å². The van der Waals surface area contributed by atoms with Crippen LogP contribution in [0.2, 0.25) is 0 Å². The first-order chi connectivity index (χ1) is 13.9. The highest BCUT2D eigenvalue weighted by Gasteiger charge is 2.27. The zero-order valence-electron chi connectivity index (χ0n) is 15.3. The molecule has 0 spiro atoms. The number of nitrogens with zero attached hydrogens (tertiary/aromatic N) is 1. The second kappa shape index (κ2) is 8.74. The highest BCUT2D eigenvalue weighted by atomic mass is 32.2. The van der Waals surface area contributed by atoms with Gasteiger partial charge in [0.05, 0.1) is 16.3 Å². The minimum atomic E-state index is -3.60. The quantitative estimate of drug-likeness (QED) is 0.657. The molecular formula is C19H19N3O6S. The number of carbonyl (C=O) groups excluding carboxylic acids is 3. The number of fused-ring (bicyclic) bond motifs is 1. The predicted octanol–water partition coefficient (Wildman–Crippen LogP) is 0.423. The van der Waals surface area contributed by atoms with Crippen molar-refractivity contribution in [1.29, 1.82) is 0 Å². The normalized spacial score (nSPS) is 13.2. The van der Waals surface area contributed by atoms with Crippen LogP contribution in [0.15, 0.2) is 59.5 Å². The van der Waals surface area contributed by atoms with E-state index in [1.807, 2.05) is 0 Å². The SMILES string of the molecule is O=C(CCS(=O)(=O)c1ccccc1)NNC(=O)CN1C(=O)COc2ccccc21. The van der Waals surface area contributed by atoms with E-state index in [4.69, 9.17) is 4.74 Å². The van der Waals surface area contributed by atoms with Crippen molar-refractivity contribution < 1.29 is 27.5 Å². The van der Waals surface area contributed by atoms with E-state index in [9.17, 15) is 22.8 Å². The minimum absolute atomic E-state index is 0.126. The highest BCUT2D eigenvalue weighted by Crippen LogP contribution is 2.31. The van der Waals surface area contributed by atoms with Gasteiger partial charge in [-0.25, -0.2) is 8.42 Å². The summed E-state index contributed by atoms with van der Waals surface area (Å²) in [7, 11) is -3.60. The van der Waals surface area contributed by atoms with Crippen LogP contribution in [-0.4, -0.2) is 45.0 Å². The molecule has 0 saturated heterocycles. The highest BCUT2D eigenvalue weighted by molar-refractivity contribution is 7.91. The number of sulfone groups is 1. The molecule has 0 radical (unpaired) electrons. The van der Waals surface area contributed by atoms with E-state index < -0.39 is 27.4 Å². The van der Waals surface area contributed by atoms with Crippen molar-refractivity contribution in [3.63, 3.8) is 0 Å². The van der Waals surface area contributed by atoms with Crippen LogP contribution in [-0.2, 0) is 24.2 Å². The zero-order valence-corrected chi connectivity index (χ0v) is 16.1. The van der Waals surface area contributed by atoms with Gasteiger partial charge >= 0.3 is 0 Å². The van der Waals surface area contributed by atoms with Gasteiger partial charge in [-0.3, -0.25) is 30.1 Å². The van der Waals surface area contributed by atoms with E-state index in [-0.39, 0.29) is 30.4 Å². The van der Waals surface area contributed by atoms with Crippen LogP contribution in [0.5, 0.6) is 5.75 Å². The van der Waals surface area contributed by atoms with Crippen LogP contribution in [0.4, 0.5) is 5.69 Å². The van der Waals surface area contributed by atoms with Gasteiger partial charge < -0.3 is 4.74 Å². The first-order valence-corrected chi connectivity index (χ1v) is 10.4. The van der Waals surface area contributed by atoms with Crippen LogP contribution in [0, 0.1) is 0 Å². The Hall–Kier alpha value is -3.40. The molecule has 1 aliphatic heterocycles. The Morgan fingerprint density at radius 1 is 0.966 bits per heavy atom. The van der Waals surface area contributed by atoms with Crippen LogP contribution in [0.1, 0.15) is 6.42 Å². The molecule has 152 valence electrons. The molecule has 10 heteroatoms. The largest absolute Gasteiger partial charge is 0.482 e. The van der Waals surface area contributed by atoms with Crippen molar-refractivity contribution in [2.75, 3.05) is 23.8 Å². The van der Waals surface area contributed by atoms with Crippen LogP contribution in [0.25, 0.3) is 0 Å². The molecule has 1 heterocycles. The van der Waals surface area contributed by atoms with Gasteiger partial charge in [0.1, 0.15) is 12.3 Å². The molecule has 2 aromatic carbocycles. The number of para-hydroxylation sites is 2. The first kappa shape index (κ1) is 20.3. The smallest absolute Gasteiger partial charge is 0.265 e. The minimum Gasteiger partial charge on any atom is -0.482 e. The Kier molecular flexibility index (Phi) is 6.13. The summed E-state index contributed by atoms with van der Waals surface area (Å²) < 4.78 is 29.6. The van der Waals surface area contributed by atoms with Crippen molar-refractivity contribution in [3.05, 3.63) is 54.6 Å². The van der Waals surface area contributed by atoms with Crippen molar-refractivity contribution in [1.82, 2.24) is 10.9 Å². The van der Waals surface area contributed by atoms with Gasteiger partial charge in [0.15, 0.2) is 16.4 Å². The Labute approximate surface area is 167 Å². The van der Waals surface area contributed by atoms with Crippen LogP contribution < -0.4 is 20.5 Å². The lowest BCUT2D eigenvalue weighted by Crippen LogP contribution is -2.49. The second-order valence-electron chi connectivity index (χ2n) is 6.21. The number of hydrogen-bond acceptors (Lipinski definition) is 6. The molecule has 0 bridgehead atoms. The van der Waals surface area contributed by atoms with Crippen molar-refractivity contribution in [2.24, 2.45) is 0 Å². The van der Waals surface area contributed by atoms with Crippen molar-refractivity contribution >= 4 is 33.2 Å². The molecule has 2 aromatic rings. The van der Waals surface area contributed by atoms with Gasteiger partial charge in [-0.05, 0) is 24.3 Å². The second-order valence-corrected chi connectivity index (χ2v) is 8.32. The summed E-state index contributed by atoms with van der Waals surface area (Å²) in [5.41, 5.74) is 4.81. The maximum atomic E-state index is 12.2. The summed E-state index contributed by atoms with van der Waals surface area (Å²) in [4.78, 5) is 37.4. The number of rotatable bonds is 6. The fraction of sp³-hybridized carbons (Fsp3) is 0.211. The van der Waals surface area contributed by atoms with E-state index in [2.05, 4.69) is 10.9 Å². The predicted molar refractivity (Wildman–Crippen MR) is 104 cm³/mol. The number of anilines is 1. The molecule has 29 heavy (non-hydrogen) atoms. The summed E-state index contributed by atoms with van der Waals surface area (Å²) in [5, 5.41) is 0. The third-order valence-corrected chi connectivity index (χ3v) is 5.88. The van der Waals surface area contributed by atoms with Gasteiger partial charge in [-0.2, -0.15) is 0 Å². The van der Waals surface area contributed by atoms with Crippen molar-refractivity contribution in [3.8, 4) is 5.75 Å². The molecule has 1 aliphatic rings. The first-order valence-electron chi connectivity index (χ1n) is 8.74. The lowest BCUT2D eigenvalue weighted by atomic mass is 10.2. The molecule has 0 aliphatic carbocycles. The van der Waals surface area contributed by atoms with E-state index in [0.717, 1.165) is 0 Å². The van der Waals surface area contributed by atoms with Crippen molar-refractivity contribution in [2.45, 2.75) is 11.3 Å². The molecule has 0 unspecified atom stereocenters. The molecule has 0 atom stereocenters. The molecule has 0 saturated carbocycles. The number of carbonyl (C=O) groups is 3. The topological polar surface area (TPSA) is 122 Å². The van der Waals surface area contributed by atoms with Gasteiger partial charge in [0.2, 0.25) is 5.91 Å². The lowest BCUT2D eigenvalue weighted by Gasteiger charge is -2.28. The molecular weight excluding hydrogens is 398 g/mol. The number of ether oxygens (including phenoxy) is 1. The lowest BCUT2D eigenvalue weighted by molar-refractivity contribution is -0.129. The molecule has 0 aromatic heterocycles. The summed E-state index contributed by atoms with van der Waals surface area (Å²) in [6.45, 7) is -0.504. The Morgan fingerprint density at radius 3 is 2.38 bits per heavy atom. The number of hydrogen-bond donors (Lipinski definition) is 2. The maximum Gasteiger partial charge on any atom is 0.265 e. The Balaban J connectivity index is 1.50. The molecule has 2 N–H and O–H groups in total. The molecule has 3 amide bonds. The van der Waals surface area contributed by atoms with E-state index >= 15 is 0 Å². The Bertz CT molecular complexity index is 1020. The molecule has 9 nitrogen and oxygen atoms in total. The average molecular weight is 417 g/mol. The average Bonchev–Trinajstić information content (AvgIpc) is 2.73. The van der Waals surface area contributed by atoms with Crippen LogP contribution >= 0.6 is 0 Å². The van der Waals surface area contributed by atoms with Gasteiger partial charge in [0, 0.05) is 6.42 Å². The summed E-state index contributed by atoms with van der Waals surface area (Å²) in [6.07, 6.45) is -0.323. The maximum absolute atomic E-state index is 12.2. The zero-order chi connectivity index (χ0) is 20.9. The fourth-order valence-electron chi connectivity index (χ4n) is 2.69.